The zero-order valence-electron chi connectivity index (χ0n) is 16.4. The first-order chi connectivity index (χ1) is 13.7. The summed E-state index contributed by atoms with van der Waals surface area (Å²) in [7, 11) is 0. The number of thiocarbonyl (C=S) groups is 1. The number of nitrogens with zero attached hydrogens (tertiary/aromatic N) is 3. The number of benzene rings is 2. The highest BCUT2D eigenvalue weighted by Gasteiger charge is 2.34. The second kappa shape index (κ2) is 10.1. The van der Waals surface area contributed by atoms with E-state index >= 15 is 0 Å². The molecular formula is C23H27N3S2. The van der Waals surface area contributed by atoms with Crippen molar-refractivity contribution >= 4 is 28.3 Å². The molecule has 0 atom stereocenters. The Morgan fingerprint density at radius 3 is 2.00 bits per heavy atom. The maximum Gasteiger partial charge on any atom is 0.136 e. The normalized spacial score (nSPS) is 15.2. The van der Waals surface area contributed by atoms with Crippen LogP contribution in [-0.2, 0) is 5.41 Å². The molecule has 0 bridgehead atoms. The second-order valence-corrected chi connectivity index (χ2v) is 8.76. The lowest BCUT2D eigenvalue weighted by atomic mass is 9.74. The topological polar surface area (TPSA) is 30.3 Å². The minimum atomic E-state index is -0.647. The summed E-state index contributed by atoms with van der Waals surface area (Å²) in [5.74, 6) is 0.824. The number of thioether (sulfide) groups is 1. The third kappa shape index (κ3) is 4.75. The summed E-state index contributed by atoms with van der Waals surface area (Å²) in [6.07, 6.45) is 0.733. The van der Waals surface area contributed by atoms with Crippen LogP contribution in [0.1, 0.15) is 24.5 Å². The minimum Gasteiger partial charge on any atom is -0.355 e. The van der Waals surface area contributed by atoms with Crippen LogP contribution in [0, 0.1) is 11.3 Å². The Labute approximate surface area is 178 Å². The molecule has 2 aromatic carbocycles. The molecule has 0 N–H and O–H groups in total. The first-order valence-corrected chi connectivity index (χ1v) is 11.3. The van der Waals surface area contributed by atoms with Crippen LogP contribution in [0.4, 0.5) is 0 Å². The molecule has 0 spiro atoms. The highest BCUT2D eigenvalue weighted by Crippen LogP contribution is 2.36. The van der Waals surface area contributed by atoms with Gasteiger partial charge in [-0.2, -0.15) is 5.26 Å². The Balaban J connectivity index is 1.69. The van der Waals surface area contributed by atoms with E-state index in [0.29, 0.717) is 0 Å². The molecule has 3 nitrogen and oxygen atoms in total. The van der Waals surface area contributed by atoms with E-state index in [-0.39, 0.29) is 0 Å². The van der Waals surface area contributed by atoms with E-state index in [2.05, 4.69) is 47.1 Å². The third-order valence-corrected chi connectivity index (χ3v) is 7.03. The van der Waals surface area contributed by atoms with Crippen LogP contribution >= 0.6 is 24.0 Å². The summed E-state index contributed by atoms with van der Waals surface area (Å²) in [6.45, 7) is 7.46. The Kier molecular flexibility index (Phi) is 7.50. The third-order valence-electron chi connectivity index (χ3n) is 5.50. The van der Waals surface area contributed by atoms with Crippen molar-refractivity contribution in [1.82, 2.24) is 9.80 Å². The standard InChI is InChI=1S/C23H27N3S2/c1-2-25-14-16-26(17-15-25)22(27)28-18-13-23(19-24,20-9-5-3-6-10-20)21-11-7-4-8-12-21/h3-12H,2,13-18H2,1H3. The Hall–Kier alpha value is -1.87. The van der Waals surface area contributed by atoms with E-state index in [1.165, 1.54) is 0 Å². The average Bonchev–Trinajstić information content (AvgIpc) is 2.78. The van der Waals surface area contributed by atoms with Crippen molar-refractivity contribution in [3.63, 3.8) is 0 Å². The van der Waals surface area contributed by atoms with Gasteiger partial charge in [0.25, 0.3) is 0 Å². The SMILES string of the molecule is CCN1CCN(C(=S)SCCC(C#N)(c2ccccc2)c2ccccc2)CC1. The van der Waals surface area contributed by atoms with Crippen LogP contribution in [0.15, 0.2) is 60.7 Å². The average molecular weight is 410 g/mol. The number of rotatable bonds is 6. The van der Waals surface area contributed by atoms with Gasteiger partial charge in [-0.1, -0.05) is 91.6 Å². The smallest absolute Gasteiger partial charge is 0.136 e. The molecule has 28 heavy (non-hydrogen) atoms. The fraction of sp³-hybridized carbons (Fsp3) is 0.391. The monoisotopic (exact) mass is 409 g/mol. The summed E-state index contributed by atoms with van der Waals surface area (Å²) in [6, 6.07) is 22.9. The van der Waals surface area contributed by atoms with Gasteiger partial charge in [0.2, 0.25) is 0 Å². The van der Waals surface area contributed by atoms with E-state index in [4.69, 9.17) is 12.2 Å². The molecule has 5 heteroatoms. The lowest BCUT2D eigenvalue weighted by molar-refractivity contribution is 0.193. The fourth-order valence-corrected chi connectivity index (χ4v) is 5.10. The molecule has 0 aliphatic carbocycles. The molecule has 1 heterocycles. The molecule has 0 radical (unpaired) electrons. The molecule has 1 fully saturated rings. The predicted molar refractivity (Wildman–Crippen MR) is 123 cm³/mol. The van der Waals surface area contributed by atoms with E-state index < -0.39 is 5.41 Å². The Morgan fingerprint density at radius 2 is 1.54 bits per heavy atom. The molecular weight excluding hydrogens is 382 g/mol. The quantitative estimate of drug-likeness (QED) is 0.654. The van der Waals surface area contributed by atoms with Gasteiger partial charge in [-0.3, -0.25) is 0 Å². The molecule has 1 aliphatic heterocycles. The van der Waals surface area contributed by atoms with Crippen molar-refractivity contribution in [1.29, 1.82) is 5.26 Å². The fourth-order valence-electron chi connectivity index (χ4n) is 3.72. The largest absolute Gasteiger partial charge is 0.355 e. The number of nitriles is 1. The molecule has 0 saturated carbocycles. The highest BCUT2D eigenvalue weighted by atomic mass is 32.2. The Bertz CT molecular complexity index is 754. The molecule has 1 aliphatic rings. The summed E-state index contributed by atoms with van der Waals surface area (Å²) >= 11 is 7.41. The van der Waals surface area contributed by atoms with Crippen LogP contribution in [0.25, 0.3) is 0 Å². The van der Waals surface area contributed by atoms with E-state index in [9.17, 15) is 5.26 Å². The maximum atomic E-state index is 10.2. The van der Waals surface area contributed by atoms with Crippen LogP contribution in [-0.4, -0.2) is 52.6 Å². The lowest BCUT2D eigenvalue weighted by Crippen LogP contribution is -2.47. The first kappa shape index (κ1) is 20.9. The molecule has 0 aromatic heterocycles. The predicted octanol–water partition coefficient (Wildman–Crippen LogP) is 4.54. The van der Waals surface area contributed by atoms with Gasteiger partial charge in [0.05, 0.1) is 6.07 Å². The summed E-state index contributed by atoms with van der Waals surface area (Å²) in [4.78, 5) is 4.76. The number of hydrogen-bond acceptors (Lipinski definition) is 4. The molecule has 0 unspecified atom stereocenters. The molecule has 146 valence electrons. The molecule has 0 amide bonds. The van der Waals surface area contributed by atoms with Crippen LogP contribution in [0.3, 0.4) is 0 Å². The van der Waals surface area contributed by atoms with Gasteiger partial charge in [-0.15, -0.1) is 0 Å². The zero-order chi connectivity index (χ0) is 19.8. The molecule has 2 aromatic rings. The number of piperazine rings is 1. The van der Waals surface area contributed by atoms with Gasteiger partial charge < -0.3 is 9.80 Å². The summed E-state index contributed by atoms with van der Waals surface area (Å²) in [5, 5.41) is 10.2. The minimum absolute atomic E-state index is 0.647. The van der Waals surface area contributed by atoms with Crippen LogP contribution in [0.5, 0.6) is 0 Å². The highest BCUT2D eigenvalue weighted by molar-refractivity contribution is 8.22. The second-order valence-electron chi connectivity index (χ2n) is 7.03. The van der Waals surface area contributed by atoms with E-state index in [0.717, 1.165) is 60.3 Å². The zero-order valence-corrected chi connectivity index (χ0v) is 18.0. The van der Waals surface area contributed by atoms with Crippen molar-refractivity contribution in [2.75, 3.05) is 38.5 Å². The van der Waals surface area contributed by atoms with Gasteiger partial charge in [0.1, 0.15) is 9.74 Å². The summed E-state index contributed by atoms with van der Waals surface area (Å²) < 4.78 is 0.962. The van der Waals surface area contributed by atoms with Crippen molar-refractivity contribution in [2.45, 2.75) is 18.8 Å². The summed E-state index contributed by atoms with van der Waals surface area (Å²) in [5.41, 5.74) is 1.45. The van der Waals surface area contributed by atoms with E-state index in [1.807, 2.05) is 36.4 Å². The van der Waals surface area contributed by atoms with Gasteiger partial charge in [0, 0.05) is 31.9 Å². The first-order valence-electron chi connectivity index (χ1n) is 9.86. The van der Waals surface area contributed by atoms with Gasteiger partial charge in [-0.25, -0.2) is 0 Å². The molecule has 3 rings (SSSR count). The van der Waals surface area contributed by atoms with E-state index in [1.54, 1.807) is 11.8 Å². The van der Waals surface area contributed by atoms with Crippen LogP contribution < -0.4 is 0 Å². The van der Waals surface area contributed by atoms with Crippen LogP contribution in [0.2, 0.25) is 0 Å². The van der Waals surface area contributed by atoms with Crippen molar-refractivity contribution < 1.29 is 0 Å². The Morgan fingerprint density at radius 1 is 1.00 bits per heavy atom. The van der Waals surface area contributed by atoms with Crippen molar-refractivity contribution in [3.8, 4) is 6.07 Å². The number of likely N-dealkylation sites (N-methyl/N-ethyl adjacent to an activating group) is 1. The van der Waals surface area contributed by atoms with Crippen molar-refractivity contribution in [3.05, 3.63) is 71.8 Å². The lowest BCUT2D eigenvalue weighted by Gasteiger charge is -2.35. The van der Waals surface area contributed by atoms with Gasteiger partial charge >= 0.3 is 0 Å². The molecule has 1 saturated heterocycles. The van der Waals surface area contributed by atoms with Gasteiger partial charge in [-0.05, 0) is 24.1 Å². The maximum absolute atomic E-state index is 10.2. The van der Waals surface area contributed by atoms with Gasteiger partial charge in [0.15, 0.2) is 0 Å². The van der Waals surface area contributed by atoms with Crippen molar-refractivity contribution in [2.24, 2.45) is 0 Å². The number of hydrogen-bond donors (Lipinski definition) is 0.